The van der Waals surface area contributed by atoms with Gasteiger partial charge in [-0.3, -0.25) is 4.31 Å². The van der Waals surface area contributed by atoms with Gasteiger partial charge in [0.2, 0.25) is 5.95 Å². The average molecular weight is 349 g/mol. The molecule has 0 radical (unpaired) electrons. The molecule has 6 heteroatoms. The van der Waals surface area contributed by atoms with E-state index < -0.39 is 0 Å². The molecule has 0 aliphatic heterocycles. The van der Waals surface area contributed by atoms with Crippen LogP contribution in [-0.2, 0) is 6.61 Å². The van der Waals surface area contributed by atoms with Crippen molar-refractivity contribution in [3.63, 3.8) is 0 Å². The second kappa shape index (κ2) is 7.85. The van der Waals surface area contributed by atoms with Crippen LogP contribution in [0.4, 0.5) is 10.3 Å². The van der Waals surface area contributed by atoms with Crippen molar-refractivity contribution in [2.45, 2.75) is 33.3 Å². The predicted octanol–water partition coefficient (Wildman–Crippen LogP) is 3.97. The van der Waals surface area contributed by atoms with Crippen molar-refractivity contribution in [3.8, 4) is 11.3 Å². The van der Waals surface area contributed by atoms with Crippen LogP contribution < -0.4 is 4.31 Å². The molecule has 1 N–H and O–H groups in total. The molecular formula is C18H24FN3OS. The van der Waals surface area contributed by atoms with Gasteiger partial charge in [0.25, 0.3) is 0 Å². The first-order valence-electron chi connectivity index (χ1n) is 7.84. The second-order valence-corrected chi connectivity index (χ2v) is 7.88. The first-order valence-corrected chi connectivity index (χ1v) is 9.50. The first-order chi connectivity index (χ1) is 11.4. The van der Waals surface area contributed by atoms with Crippen molar-refractivity contribution >= 4 is 22.0 Å². The zero-order valence-corrected chi connectivity index (χ0v) is 15.6. The minimum Gasteiger partial charge on any atom is -0.392 e. The molecule has 0 saturated carbocycles. The molecular weight excluding hydrogens is 325 g/mol. The number of hydrogen-bond donors (Lipinski definition) is 1. The van der Waals surface area contributed by atoms with Crippen LogP contribution in [0.25, 0.3) is 11.3 Å². The van der Waals surface area contributed by atoms with Crippen LogP contribution in [0.15, 0.2) is 24.3 Å². The highest BCUT2D eigenvalue weighted by Crippen LogP contribution is 2.31. The number of aliphatic hydroxyl groups excluding tert-OH is 1. The molecule has 130 valence electrons. The van der Waals surface area contributed by atoms with Gasteiger partial charge in [-0.2, -0.15) is 0 Å². The Hall–Kier alpha value is -1.79. The lowest BCUT2D eigenvalue weighted by Gasteiger charge is -2.23. The minimum absolute atomic E-state index is 0.110. The van der Waals surface area contributed by atoms with Gasteiger partial charge in [0.1, 0.15) is 5.82 Å². The van der Waals surface area contributed by atoms with Crippen LogP contribution in [0.2, 0.25) is 0 Å². The second-order valence-electron chi connectivity index (χ2n) is 5.81. The fraction of sp³-hybridized carbons (Fsp3) is 0.389. The summed E-state index contributed by atoms with van der Waals surface area (Å²) in [5, 5.41) is 12.0. The van der Waals surface area contributed by atoms with Crippen molar-refractivity contribution in [2.75, 3.05) is 17.6 Å². The monoisotopic (exact) mass is 349 g/mol. The number of aliphatic hydroxyl groups is 1. The van der Waals surface area contributed by atoms with Crippen LogP contribution >= 0.6 is 10.7 Å². The van der Waals surface area contributed by atoms with E-state index >= 15 is 0 Å². The smallest absolute Gasteiger partial charge is 0.235 e. The summed E-state index contributed by atoms with van der Waals surface area (Å²) in [5.41, 5.74) is 2.95. The molecule has 4 nitrogen and oxygen atoms in total. The van der Waals surface area contributed by atoms with Crippen molar-refractivity contribution in [3.05, 3.63) is 41.3 Å². The zero-order valence-electron chi connectivity index (χ0n) is 14.7. The molecule has 1 heterocycles. The van der Waals surface area contributed by atoms with Gasteiger partial charge in [0.15, 0.2) is 0 Å². The largest absolute Gasteiger partial charge is 0.392 e. The highest BCUT2D eigenvalue weighted by molar-refractivity contribution is 8.15. The van der Waals surface area contributed by atoms with E-state index in [4.69, 9.17) is 0 Å². The van der Waals surface area contributed by atoms with Gasteiger partial charge in [-0.05, 0) is 48.7 Å². The lowest BCUT2D eigenvalue weighted by molar-refractivity contribution is 0.279. The highest BCUT2D eigenvalue weighted by Gasteiger charge is 2.19. The Bertz CT molecular complexity index is 745. The minimum atomic E-state index is -0.296. The molecule has 0 saturated heterocycles. The average Bonchev–Trinajstić information content (AvgIpc) is 2.59. The molecule has 1 unspecified atom stereocenters. The van der Waals surface area contributed by atoms with E-state index in [1.165, 1.54) is 12.1 Å². The third kappa shape index (κ3) is 3.82. The molecule has 0 aliphatic carbocycles. The molecule has 1 atom stereocenters. The molecule has 24 heavy (non-hydrogen) atoms. The molecule has 1 aromatic heterocycles. The van der Waals surface area contributed by atoms with E-state index in [1.54, 1.807) is 12.1 Å². The van der Waals surface area contributed by atoms with Gasteiger partial charge >= 0.3 is 0 Å². The number of rotatable bonds is 5. The maximum Gasteiger partial charge on any atom is 0.235 e. The third-order valence-corrected chi connectivity index (χ3v) is 5.61. The summed E-state index contributed by atoms with van der Waals surface area (Å²) in [7, 11) is 1.84. The van der Waals surface area contributed by atoms with Crippen molar-refractivity contribution in [1.29, 1.82) is 0 Å². The molecule has 0 bridgehead atoms. The van der Waals surface area contributed by atoms with Crippen molar-refractivity contribution in [2.24, 2.45) is 0 Å². The Morgan fingerprint density at radius 2 is 1.88 bits per heavy atom. The number of halogens is 1. The summed E-state index contributed by atoms with van der Waals surface area (Å²) in [6.07, 6.45) is 2.09. The topological polar surface area (TPSA) is 49.2 Å². The highest BCUT2D eigenvalue weighted by atomic mass is 32.2. The lowest BCUT2D eigenvalue weighted by Crippen LogP contribution is -2.16. The zero-order chi connectivity index (χ0) is 17.9. The Balaban J connectivity index is 2.71. The number of nitrogens with zero attached hydrogens (tertiary/aromatic N) is 3. The molecule has 0 aliphatic rings. The fourth-order valence-electron chi connectivity index (χ4n) is 2.40. The molecule has 0 amide bonds. The maximum atomic E-state index is 13.3. The summed E-state index contributed by atoms with van der Waals surface area (Å²) >= 11 is 0. The predicted molar refractivity (Wildman–Crippen MR) is 101 cm³/mol. The van der Waals surface area contributed by atoms with Crippen LogP contribution in [0.1, 0.15) is 37.9 Å². The molecule has 2 aromatic rings. The van der Waals surface area contributed by atoms with Crippen molar-refractivity contribution in [1.82, 2.24) is 9.97 Å². The summed E-state index contributed by atoms with van der Waals surface area (Å²) < 4.78 is 15.3. The van der Waals surface area contributed by atoms with Crippen LogP contribution in [0, 0.1) is 5.82 Å². The molecule has 2 rings (SSSR count). The van der Waals surface area contributed by atoms with E-state index in [1.807, 2.05) is 32.1 Å². The summed E-state index contributed by atoms with van der Waals surface area (Å²) in [6, 6.07) is 6.17. The first kappa shape index (κ1) is 18.5. The number of benzene rings is 1. The van der Waals surface area contributed by atoms with Gasteiger partial charge in [-0.15, -0.1) is 0 Å². The SMILES string of the molecule is CC=S(C)N(C)c1nc(-c2ccc(F)cc2)c(CO)c(C(C)C)n1. The normalized spacial score (nSPS) is 12.7. The Kier molecular flexibility index (Phi) is 6.07. The summed E-state index contributed by atoms with van der Waals surface area (Å²) in [4.78, 5) is 9.36. The Labute approximate surface area is 145 Å². The third-order valence-electron chi connectivity index (χ3n) is 3.90. The maximum absolute atomic E-state index is 13.3. The summed E-state index contributed by atoms with van der Waals surface area (Å²) in [6.45, 7) is 5.93. The van der Waals surface area contributed by atoms with E-state index in [2.05, 4.69) is 21.6 Å². The number of hydrogen-bond acceptors (Lipinski definition) is 4. The number of aromatic nitrogens is 2. The van der Waals surface area contributed by atoms with Crippen molar-refractivity contribution < 1.29 is 9.50 Å². The van der Waals surface area contributed by atoms with Gasteiger partial charge in [-0.1, -0.05) is 24.5 Å². The van der Waals surface area contributed by atoms with Crippen LogP contribution in [0.3, 0.4) is 0 Å². The number of anilines is 1. The Morgan fingerprint density at radius 3 is 2.38 bits per heavy atom. The summed E-state index contributed by atoms with van der Waals surface area (Å²) in [5.74, 6) is 0.459. The van der Waals surface area contributed by atoms with Gasteiger partial charge in [-0.25, -0.2) is 14.4 Å². The van der Waals surface area contributed by atoms with Crippen LogP contribution in [-0.4, -0.2) is 33.7 Å². The Morgan fingerprint density at radius 1 is 1.25 bits per heavy atom. The molecule has 0 spiro atoms. The van der Waals surface area contributed by atoms with E-state index in [0.717, 1.165) is 11.3 Å². The fourth-order valence-corrected chi connectivity index (χ4v) is 3.05. The van der Waals surface area contributed by atoms with E-state index in [-0.39, 0.29) is 29.0 Å². The molecule has 1 aromatic carbocycles. The molecule has 0 fully saturated rings. The van der Waals surface area contributed by atoms with E-state index in [9.17, 15) is 9.50 Å². The van der Waals surface area contributed by atoms with Crippen LogP contribution in [0.5, 0.6) is 0 Å². The quantitative estimate of drug-likeness (QED) is 0.830. The van der Waals surface area contributed by atoms with Gasteiger partial charge in [0, 0.05) is 18.2 Å². The standard InChI is InChI=1S/C18H24FN3OS/c1-6-24(5)22(4)18-20-16(12(2)3)15(11-23)17(21-18)13-7-9-14(19)10-8-13/h6-10,12,23H,11H2,1-5H3. The van der Waals surface area contributed by atoms with E-state index in [0.29, 0.717) is 17.2 Å². The lowest BCUT2D eigenvalue weighted by atomic mass is 9.99. The van der Waals surface area contributed by atoms with Gasteiger partial charge in [0.05, 0.1) is 18.0 Å². The van der Waals surface area contributed by atoms with Gasteiger partial charge < -0.3 is 5.11 Å².